The van der Waals surface area contributed by atoms with Crippen molar-refractivity contribution in [3.63, 3.8) is 0 Å². The summed E-state index contributed by atoms with van der Waals surface area (Å²) in [5.41, 5.74) is 1.49. The third-order valence-corrected chi connectivity index (χ3v) is 5.30. The Balaban J connectivity index is 1.28. The molecule has 1 amide bonds. The summed E-state index contributed by atoms with van der Waals surface area (Å²) in [5, 5.41) is 16.3. The molecule has 1 N–H and O–H groups in total. The number of hydrogen-bond acceptors (Lipinski definition) is 6. The van der Waals surface area contributed by atoms with Crippen molar-refractivity contribution in [1.29, 1.82) is 0 Å². The second-order valence-electron chi connectivity index (χ2n) is 6.52. The fourth-order valence-corrected chi connectivity index (χ4v) is 3.36. The van der Waals surface area contributed by atoms with E-state index in [1.807, 2.05) is 30.3 Å². The van der Waals surface area contributed by atoms with Gasteiger partial charge in [-0.05, 0) is 12.1 Å². The van der Waals surface area contributed by atoms with Gasteiger partial charge in [-0.3, -0.25) is 4.79 Å². The molecule has 164 valence electrons. The minimum atomic E-state index is -0.343. The lowest BCUT2D eigenvalue weighted by Crippen LogP contribution is -2.32. The number of hydrogen-bond donors (Lipinski definition) is 1. The fourth-order valence-electron chi connectivity index (χ4n) is 2.77. The van der Waals surface area contributed by atoms with E-state index in [4.69, 9.17) is 44.3 Å². The van der Waals surface area contributed by atoms with Gasteiger partial charge in [0.25, 0.3) is 5.91 Å². The summed E-state index contributed by atoms with van der Waals surface area (Å²) in [7, 11) is 0. The van der Waals surface area contributed by atoms with Crippen molar-refractivity contribution in [3.8, 4) is 23.0 Å². The van der Waals surface area contributed by atoms with Crippen LogP contribution in [-0.2, 0) is 4.79 Å². The number of fused-ring (bicyclic) bond motifs is 1. The first kappa shape index (κ1) is 22.1. The lowest BCUT2D eigenvalue weighted by molar-refractivity contribution is -0.123. The van der Waals surface area contributed by atoms with Crippen molar-refractivity contribution in [2.75, 3.05) is 19.8 Å². The molecular weight excluding hydrogens is 477 g/mol. The molecule has 4 rings (SSSR count). The predicted octanol–water partition coefficient (Wildman–Crippen LogP) is 4.33. The Morgan fingerprint density at radius 3 is 2.53 bits per heavy atom. The van der Waals surface area contributed by atoms with E-state index in [2.05, 4.69) is 20.6 Å². The van der Waals surface area contributed by atoms with E-state index in [0.717, 1.165) is 5.56 Å². The Morgan fingerprint density at radius 2 is 1.72 bits per heavy atom. The largest absolute Gasteiger partial charge is 0.482 e. The Labute approximate surface area is 198 Å². The van der Waals surface area contributed by atoms with Crippen molar-refractivity contribution < 1.29 is 14.3 Å². The van der Waals surface area contributed by atoms with Crippen molar-refractivity contribution >= 4 is 46.4 Å². The zero-order valence-corrected chi connectivity index (χ0v) is 18.7. The zero-order valence-electron chi connectivity index (χ0n) is 16.5. The third kappa shape index (κ3) is 5.21. The minimum absolute atomic E-state index is 0.209. The highest BCUT2D eigenvalue weighted by molar-refractivity contribution is 6.43. The molecule has 8 nitrogen and oxygen atoms in total. The van der Waals surface area contributed by atoms with Gasteiger partial charge >= 0.3 is 0 Å². The Kier molecular flexibility index (Phi) is 6.94. The van der Waals surface area contributed by atoms with Crippen molar-refractivity contribution in [2.45, 2.75) is 0 Å². The van der Waals surface area contributed by atoms with Crippen molar-refractivity contribution in [1.82, 2.24) is 25.1 Å². The Morgan fingerprint density at radius 1 is 0.938 bits per heavy atom. The average molecular weight is 493 g/mol. The molecule has 0 aliphatic heterocycles. The monoisotopic (exact) mass is 491 g/mol. The summed E-state index contributed by atoms with van der Waals surface area (Å²) in [4.78, 5) is 12.0. The van der Waals surface area contributed by atoms with E-state index < -0.39 is 0 Å². The summed E-state index contributed by atoms with van der Waals surface area (Å²) in [6, 6.07) is 16.0. The molecular formula is C21H16Cl3N5O3. The molecule has 0 atom stereocenters. The van der Waals surface area contributed by atoms with E-state index in [1.54, 1.807) is 16.6 Å². The summed E-state index contributed by atoms with van der Waals surface area (Å²) >= 11 is 17.8. The van der Waals surface area contributed by atoms with Gasteiger partial charge in [-0.25, -0.2) is 0 Å². The van der Waals surface area contributed by atoms with E-state index in [-0.39, 0.29) is 41.5 Å². The molecule has 0 bridgehead atoms. The van der Waals surface area contributed by atoms with Gasteiger partial charge < -0.3 is 14.8 Å². The van der Waals surface area contributed by atoms with Crippen LogP contribution in [0.25, 0.3) is 17.0 Å². The van der Waals surface area contributed by atoms with Crippen LogP contribution in [0.4, 0.5) is 0 Å². The standard InChI is InChI=1S/C21H16Cl3N5O3/c22-14-10-16(24)17(11-15(14)23)32-12-19(30)25-8-9-31-20-7-6-18-26-27-21(29(18)28-20)13-4-2-1-3-5-13/h1-7,10-11H,8-9,12H2,(H,25,30). The van der Waals surface area contributed by atoms with Gasteiger partial charge in [0.2, 0.25) is 5.88 Å². The lowest BCUT2D eigenvalue weighted by atomic mass is 10.2. The molecule has 0 spiro atoms. The molecule has 0 aliphatic rings. The number of halogens is 3. The van der Waals surface area contributed by atoms with Crippen LogP contribution < -0.4 is 14.8 Å². The summed E-state index contributed by atoms with van der Waals surface area (Å²) in [6.07, 6.45) is 0. The fraction of sp³-hybridized carbons (Fsp3) is 0.143. The smallest absolute Gasteiger partial charge is 0.258 e. The topological polar surface area (TPSA) is 90.6 Å². The predicted molar refractivity (Wildman–Crippen MR) is 122 cm³/mol. The summed E-state index contributed by atoms with van der Waals surface area (Å²) in [6.45, 7) is 0.230. The van der Waals surface area contributed by atoms with Crippen LogP contribution in [-0.4, -0.2) is 45.5 Å². The lowest BCUT2D eigenvalue weighted by Gasteiger charge is -2.10. The quantitative estimate of drug-likeness (QED) is 0.291. The highest BCUT2D eigenvalue weighted by atomic mass is 35.5. The van der Waals surface area contributed by atoms with E-state index in [9.17, 15) is 4.79 Å². The maximum atomic E-state index is 12.0. The second-order valence-corrected chi connectivity index (χ2v) is 7.74. The highest BCUT2D eigenvalue weighted by Crippen LogP contribution is 2.33. The normalized spacial score (nSPS) is 10.8. The molecule has 2 heterocycles. The van der Waals surface area contributed by atoms with Crippen LogP contribution in [0.5, 0.6) is 11.6 Å². The molecule has 4 aromatic rings. The molecule has 0 aliphatic carbocycles. The zero-order chi connectivity index (χ0) is 22.5. The number of rotatable bonds is 8. The molecule has 0 saturated carbocycles. The molecule has 11 heteroatoms. The van der Waals surface area contributed by atoms with Crippen LogP contribution in [0.3, 0.4) is 0 Å². The maximum Gasteiger partial charge on any atom is 0.258 e. The number of nitrogens with zero attached hydrogens (tertiary/aromatic N) is 4. The van der Waals surface area contributed by atoms with Gasteiger partial charge in [0, 0.05) is 17.7 Å². The molecule has 32 heavy (non-hydrogen) atoms. The molecule has 0 unspecified atom stereocenters. The van der Waals surface area contributed by atoms with Gasteiger partial charge in [-0.2, -0.15) is 4.52 Å². The second kappa shape index (κ2) is 10.0. The number of nitrogens with one attached hydrogen (secondary N) is 1. The average Bonchev–Trinajstić information content (AvgIpc) is 3.22. The first-order valence-electron chi connectivity index (χ1n) is 9.46. The number of amides is 1. The first-order valence-corrected chi connectivity index (χ1v) is 10.6. The van der Waals surface area contributed by atoms with Crippen LogP contribution in [0.15, 0.2) is 54.6 Å². The molecule has 0 fully saturated rings. The number of carbonyl (C=O) groups excluding carboxylic acids is 1. The van der Waals surface area contributed by atoms with E-state index >= 15 is 0 Å². The van der Waals surface area contributed by atoms with Gasteiger partial charge in [-0.1, -0.05) is 65.1 Å². The summed E-state index contributed by atoms with van der Waals surface area (Å²) in [5.74, 6) is 0.914. The number of aromatic nitrogens is 4. The minimum Gasteiger partial charge on any atom is -0.482 e. The van der Waals surface area contributed by atoms with E-state index in [0.29, 0.717) is 22.4 Å². The highest BCUT2D eigenvalue weighted by Gasteiger charge is 2.11. The van der Waals surface area contributed by atoms with Gasteiger partial charge in [-0.15, -0.1) is 15.3 Å². The number of benzene rings is 2. The number of carbonyl (C=O) groups is 1. The van der Waals surface area contributed by atoms with Gasteiger partial charge in [0.05, 0.1) is 21.6 Å². The number of ether oxygens (including phenoxy) is 2. The van der Waals surface area contributed by atoms with Crippen molar-refractivity contribution in [3.05, 3.63) is 69.7 Å². The Bertz CT molecular complexity index is 1250. The Hall–Kier alpha value is -3.07. The van der Waals surface area contributed by atoms with Crippen LogP contribution >= 0.6 is 34.8 Å². The molecule has 2 aromatic heterocycles. The molecule has 0 radical (unpaired) electrons. The summed E-state index contributed by atoms with van der Waals surface area (Å²) < 4.78 is 12.6. The third-order valence-electron chi connectivity index (χ3n) is 4.28. The SMILES string of the molecule is O=C(COc1cc(Cl)c(Cl)cc1Cl)NCCOc1ccc2nnc(-c3ccccc3)n2n1. The van der Waals surface area contributed by atoms with Crippen molar-refractivity contribution in [2.24, 2.45) is 0 Å². The van der Waals surface area contributed by atoms with Crippen LogP contribution in [0.1, 0.15) is 0 Å². The molecule has 0 saturated heterocycles. The maximum absolute atomic E-state index is 12.0. The van der Waals surface area contributed by atoms with Gasteiger partial charge in [0.15, 0.2) is 18.1 Å². The van der Waals surface area contributed by atoms with E-state index in [1.165, 1.54) is 12.1 Å². The molecule has 2 aromatic carbocycles. The first-order chi connectivity index (χ1) is 15.5. The van der Waals surface area contributed by atoms with Gasteiger partial charge in [0.1, 0.15) is 12.4 Å². The van der Waals surface area contributed by atoms with Crippen LogP contribution in [0.2, 0.25) is 15.1 Å². The van der Waals surface area contributed by atoms with Crippen LogP contribution in [0, 0.1) is 0 Å².